The van der Waals surface area contributed by atoms with Crippen molar-refractivity contribution in [2.45, 2.75) is 13.5 Å². The van der Waals surface area contributed by atoms with E-state index in [1.807, 2.05) is 6.92 Å². The first kappa shape index (κ1) is 7.85. The third kappa shape index (κ3) is 1.61. The van der Waals surface area contributed by atoms with Crippen LogP contribution in [0.15, 0.2) is 23.1 Å². The molecule has 0 bridgehead atoms. The van der Waals surface area contributed by atoms with Gasteiger partial charge in [-0.2, -0.15) is 0 Å². The van der Waals surface area contributed by atoms with E-state index in [4.69, 9.17) is 4.74 Å². The Morgan fingerprint density at radius 1 is 1.55 bits per heavy atom. The molecule has 3 heteroatoms. The molecule has 0 aliphatic rings. The van der Waals surface area contributed by atoms with Gasteiger partial charge in [0.15, 0.2) is 0 Å². The van der Waals surface area contributed by atoms with Crippen molar-refractivity contribution < 1.29 is 4.74 Å². The molecule has 0 aliphatic carbocycles. The van der Waals surface area contributed by atoms with Gasteiger partial charge < -0.3 is 9.30 Å². The van der Waals surface area contributed by atoms with Crippen LogP contribution in [0.2, 0.25) is 0 Å². The van der Waals surface area contributed by atoms with Gasteiger partial charge in [0.1, 0.15) is 5.75 Å². The molecule has 0 aliphatic heterocycles. The average Bonchev–Trinajstić information content (AvgIpc) is 2.05. The van der Waals surface area contributed by atoms with Crippen LogP contribution in [0.1, 0.15) is 6.92 Å². The van der Waals surface area contributed by atoms with Crippen molar-refractivity contribution >= 4 is 0 Å². The predicted molar refractivity (Wildman–Crippen MR) is 42.9 cm³/mol. The molecule has 0 saturated carbocycles. The fourth-order valence-electron chi connectivity index (χ4n) is 0.877. The van der Waals surface area contributed by atoms with Crippen LogP contribution in [0.4, 0.5) is 0 Å². The lowest BCUT2D eigenvalue weighted by molar-refractivity contribution is 0.408. The van der Waals surface area contributed by atoms with E-state index >= 15 is 0 Å². The van der Waals surface area contributed by atoms with Crippen molar-refractivity contribution in [2.24, 2.45) is 0 Å². The SMILES string of the molecule is CCn1cc(OC)ccc1=O. The van der Waals surface area contributed by atoms with Crippen LogP contribution >= 0.6 is 0 Å². The Morgan fingerprint density at radius 3 is 2.82 bits per heavy atom. The van der Waals surface area contributed by atoms with Crippen LogP contribution in [-0.4, -0.2) is 11.7 Å². The summed E-state index contributed by atoms with van der Waals surface area (Å²) in [5, 5.41) is 0. The Kier molecular flexibility index (Phi) is 2.31. The molecule has 11 heavy (non-hydrogen) atoms. The second kappa shape index (κ2) is 3.23. The number of hydrogen-bond donors (Lipinski definition) is 0. The highest BCUT2D eigenvalue weighted by Gasteiger charge is 1.94. The van der Waals surface area contributed by atoms with Crippen molar-refractivity contribution in [3.63, 3.8) is 0 Å². The van der Waals surface area contributed by atoms with Gasteiger partial charge in [0, 0.05) is 18.8 Å². The average molecular weight is 153 g/mol. The van der Waals surface area contributed by atoms with Gasteiger partial charge in [0.05, 0.1) is 7.11 Å². The second-order valence-corrected chi connectivity index (χ2v) is 2.19. The fraction of sp³-hybridized carbons (Fsp3) is 0.375. The summed E-state index contributed by atoms with van der Waals surface area (Å²) in [6.07, 6.45) is 1.70. The Bertz CT molecular complexity index is 290. The molecular formula is C8H11NO2. The van der Waals surface area contributed by atoms with Crippen LogP contribution in [0.25, 0.3) is 0 Å². The zero-order valence-corrected chi connectivity index (χ0v) is 6.70. The number of rotatable bonds is 2. The Hall–Kier alpha value is -1.25. The lowest BCUT2D eigenvalue weighted by atomic mass is 10.4. The molecule has 0 aromatic carbocycles. The minimum atomic E-state index is 0.00769. The van der Waals surface area contributed by atoms with E-state index in [1.165, 1.54) is 6.07 Å². The lowest BCUT2D eigenvalue weighted by Crippen LogP contribution is -2.16. The summed E-state index contributed by atoms with van der Waals surface area (Å²) < 4.78 is 6.55. The van der Waals surface area contributed by atoms with Gasteiger partial charge in [-0.05, 0) is 13.0 Å². The summed E-state index contributed by atoms with van der Waals surface area (Å²) in [7, 11) is 1.58. The summed E-state index contributed by atoms with van der Waals surface area (Å²) in [6, 6.07) is 3.16. The maximum atomic E-state index is 11.0. The zero-order valence-electron chi connectivity index (χ0n) is 6.70. The van der Waals surface area contributed by atoms with Crippen LogP contribution in [-0.2, 0) is 6.54 Å². The molecule has 3 nitrogen and oxygen atoms in total. The third-order valence-corrected chi connectivity index (χ3v) is 1.53. The summed E-state index contributed by atoms with van der Waals surface area (Å²) in [6.45, 7) is 2.59. The van der Waals surface area contributed by atoms with Crippen LogP contribution in [0.5, 0.6) is 5.75 Å². The molecular weight excluding hydrogens is 142 g/mol. The molecule has 0 unspecified atom stereocenters. The number of aryl methyl sites for hydroxylation is 1. The summed E-state index contributed by atoms with van der Waals surface area (Å²) in [5.74, 6) is 0.714. The maximum absolute atomic E-state index is 11.0. The van der Waals surface area contributed by atoms with E-state index in [-0.39, 0.29) is 5.56 Å². The third-order valence-electron chi connectivity index (χ3n) is 1.53. The van der Waals surface area contributed by atoms with Gasteiger partial charge in [-0.1, -0.05) is 0 Å². The van der Waals surface area contributed by atoms with E-state index < -0.39 is 0 Å². The minimum Gasteiger partial charge on any atom is -0.495 e. The number of hydrogen-bond acceptors (Lipinski definition) is 2. The Morgan fingerprint density at radius 2 is 2.27 bits per heavy atom. The molecule has 1 aromatic heterocycles. The highest BCUT2D eigenvalue weighted by molar-refractivity contribution is 5.16. The van der Waals surface area contributed by atoms with Gasteiger partial charge in [0.25, 0.3) is 5.56 Å². The van der Waals surface area contributed by atoms with E-state index in [0.29, 0.717) is 12.3 Å². The summed E-state index contributed by atoms with van der Waals surface area (Å²) in [4.78, 5) is 11.0. The highest BCUT2D eigenvalue weighted by atomic mass is 16.5. The van der Waals surface area contributed by atoms with Crippen molar-refractivity contribution in [3.8, 4) is 5.75 Å². The van der Waals surface area contributed by atoms with Gasteiger partial charge in [0.2, 0.25) is 0 Å². The van der Waals surface area contributed by atoms with E-state index in [9.17, 15) is 4.79 Å². The van der Waals surface area contributed by atoms with Crippen molar-refractivity contribution in [1.29, 1.82) is 0 Å². The molecule has 60 valence electrons. The quantitative estimate of drug-likeness (QED) is 0.631. The van der Waals surface area contributed by atoms with E-state index in [2.05, 4.69) is 0 Å². The standard InChI is InChI=1S/C8H11NO2/c1-3-9-6-7(11-2)4-5-8(9)10/h4-6H,3H2,1-2H3. The van der Waals surface area contributed by atoms with Crippen LogP contribution < -0.4 is 10.3 Å². The summed E-state index contributed by atoms with van der Waals surface area (Å²) >= 11 is 0. The number of ether oxygens (including phenoxy) is 1. The topological polar surface area (TPSA) is 31.2 Å². The Labute approximate surface area is 65.2 Å². The summed E-state index contributed by atoms with van der Waals surface area (Å²) in [5.41, 5.74) is 0.00769. The molecule has 0 saturated heterocycles. The number of pyridine rings is 1. The molecule has 1 heterocycles. The van der Waals surface area contributed by atoms with E-state index in [0.717, 1.165) is 0 Å². The second-order valence-electron chi connectivity index (χ2n) is 2.19. The highest BCUT2D eigenvalue weighted by Crippen LogP contribution is 2.04. The van der Waals surface area contributed by atoms with Crippen molar-refractivity contribution in [3.05, 3.63) is 28.7 Å². The number of methoxy groups -OCH3 is 1. The van der Waals surface area contributed by atoms with Crippen LogP contribution in [0, 0.1) is 0 Å². The van der Waals surface area contributed by atoms with Crippen LogP contribution in [0.3, 0.4) is 0 Å². The molecule has 0 amide bonds. The Balaban J connectivity index is 3.13. The number of aromatic nitrogens is 1. The first-order valence-electron chi connectivity index (χ1n) is 3.52. The first-order chi connectivity index (χ1) is 5.27. The molecule has 0 N–H and O–H groups in total. The normalized spacial score (nSPS) is 9.64. The fourth-order valence-corrected chi connectivity index (χ4v) is 0.877. The zero-order chi connectivity index (χ0) is 8.27. The van der Waals surface area contributed by atoms with E-state index in [1.54, 1.807) is 23.9 Å². The molecule has 1 rings (SSSR count). The van der Waals surface area contributed by atoms with Crippen molar-refractivity contribution in [1.82, 2.24) is 4.57 Å². The van der Waals surface area contributed by atoms with Crippen molar-refractivity contribution in [2.75, 3.05) is 7.11 Å². The van der Waals surface area contributed by atoms with Gasteiger partial charge in [-0.3, -0.25) is 4.79 Å². The molecule has 0 spiro atoms. The largest absolute Gasteiger partial charge is 0.495 e. The predicted octanol–water partition coefficient (Wildman–Crippen LogP) is 0.877. The lowest BCUT2D eigenvalue weighted by Gasteiger charge is -2.03. The first-order valence-corrected chi connectivity index (χ1v) is 3.52. The van der Waals surface area contributed by atoms with Gasteiger partial charge in [-0.15, -0.1) is 0 Å². The molecule has 0 radical (unpaired) electrons. The monoisotopic (exact) mass is 153 g/mol. The van der Waals surface area contributed by atoms with Gasteiger partial charge in [-0.25, -0.2) is 0 Å². The van der Waals surface area contributed by atoms with Gasteiger partial charge >= 0.3 is 0 Å². The molecule has 0 atom stereocenters. The smallest absolute Gasteiger partial charge is 0.250 e. The molecule has 0 fully saturated rings. The minimum absolute atomic E-state index is 0.00769. The number of nitrogens with zero attached hydrogens (tertiary/aromatic N) is 1. The maximum Gasteiger partial charge on any atom is 0.250 e. The molecule has 1 aromatic rings.